The molecule has 5 nitrogen and oxygen atoms in total. The zero-order valence-corrected chi connectivity index (χ0v) is 12.1. The Labute approximate surface area is 115 Å². The van der Waals surface area contributed by atoms with Crippen molar-refractivity contribution >= 4 is 0 Å². The van der Waals surface area contributed by atoms with Crippen LogP contribution in [0.3, 0.4) is 0 Å². The van der Waals surface area contributed by atoms with Crippen LogP contribution in [0.15, 0.2) is 6.33 Å². The number of hydrogen-bond acceptors (Lipinski definition) is 4. The van der Waals surface area contributed by atoms with Crippen LogP contribution in [0.25, 0.3) is 0 Å². The molecule has 0 unspecified atom stereocenters. The first-order valence-electron chi connectivity index (χ1n) is 7.38. The Kier molecular flexibility index (Phi) is 4.93. The summed E-state index contributed by atoms with van der Waals surface area (Å²) in [5, 5.41) is 17.5. The van der Waals surface area contributed by atoms with Crippen molar-refractivity contribution in [2.75, 3.05) is 6.61 Å². The van der Waals surface area contributed by atoms with Crippen LogP contribution in [0.4, 0.5) is 0 Å². The average Bonchev–Trinajstić information content (AvgIpc) is 2.84. The van der Waals surface area contributed by atoms with Crippen molar-refractivity contribution < 1.29 is 5.11 Å². The molecule has 1 saturated carbocycles. The fourth-order valence-corrected chi connectivity index (χ4v) is 2.81. The Morgan fingerprint density at radius 1 is 1.37 bits per heavy atom. The van der Waals surface area contributed by atoms with Crippen LogP contribution < -0.4 is 5.32 Å². The van der Waals surface area contributed by atoms with E-state index in [1.807, 2.05) is 4.68 Å². The smallest absolute Gasteiger partial charge is 0.140 e. The van der Waals surface area contributed by atoms with Gasteiger partial charge in [0.05, 0.1) is 13.2 Å². The number of nitrogens with one attached hydrogen (secondary N) is 1. The molecule has 1 aromatic heterocycles. The Balaban J connectivity index is 1.95. The van der Waals surface area contributed by atoms with Crippen LogP contribution in [-0.4, -0.2) is 32.0 Å². The van der Waals surface area contributed by atoms with Gasteiger partial charge in [-0.2, -0.15) is 5.10 Å². The fourth-order valence-electron chi connectivity index (χ4n) is 2.81. The van der Waals surface area contributed by atoms with Gasteiger partial charge in [0, 0.05) is 12.1 Å². The van der Waals surface area contributed by atoms with Crippen molar-refractivity contribution in [2.45, 2.75) is 64.6 Å². The van der Waals surface area contributed by atoms with E-state index < -0.39 is 0 Å². The zero-order valence-electron chi connectivity index (χ0n) is 12.1. The minimum Gasteiger partial charge on any atom is -0.394 e. The molecule has 2 N–H and O–H groups in total. The van der Waals surface area contributed by atoms with Crippen LogP contribution in [0.2, 0.25) is 0 Å². The zero-order chi connectivity index (χ0) is 13.7. The number of nitrogens with zero attached hydrogens (tertiary/aromatic N) is 3. The van der Waals surface area contributed by atoms with Crippen molar-refractivity contribution in [1.29, 1.82) is 0 Å². The Morgan fingerprint density at radius 3 is 2.74 bits per heavy atom. The third-order valence-corrected chi connectivity index (χ3v) is 3.97. The second kappa shape index (κ2) is 6.48. The molecule has 0 aliphatic heterocycles. The van der Waals surface area contributed by atoms with Gasteiger partial charge in [-0.1, -0.05) is 33.1 Å². The average molecular weight is 266 g/mol. The molecule has 1 aliphatic carbocycles. The molecule has 0 atom stereocenters. The second-order valence-corrected chi connectivity index (χ2v) is 6.10. The fraction of sp³-hybridized carbons (Fsp3) is 0.857. The molecule has 0 aromatic carbocycles. The van der Waals surface area contributed by atoms with Crippen molar-refractivity contribution in [2.24, 2.45) is 5.92 Å². The third-order valence-electron chi connectivity index (χ3n) is 3.97. The summed E-state index contributed by atoms with van der Waals surface area (Å²) in [7, 11) is 0. The summed E-state index contributed by atoms with van der Waals surface area (Å²) in [6.07, 6.45) is 7.42. The second-order valence-electron chi connectivity index (χ2n) is 6.10. The maximum absolute atomic E-state index is 9.68. The lowest BCUT2D eigenvalue weighted by Crippen LogP contribution is -2.49. The van der Waals surface area contributed by atoms with Gasteiger partial charge in [-0.3, -0.25) is 0 Å². The van der Waals surface area contributed by atoms with E-state index in [1.165, 1.54) is 19.3 Å². The maximum atomic E-state index is 9.68. The SMILES string of the molecule is CC(C)Cn1ncnc1CNC1(CO)CCCCC1. The Hall–Kier alpha value is -0.940. The molecule has 0 saturated heterocycles. The van der Waals surface area contributed by atoms with E-state index in [1.54, 1.807) is 6.33 Å². The summed E-state index contributed by atoms with van der Waals surface area (Å²) in [6.45, 7) is 6.15. The van der Waals surface area contributed by atoms with Crippen molar-refractivity contribution in [3.05, 3.63) is 12.2 Å². The molecule has 1 fully saturated rings. The molecule has 2 rings (SSSR count). The summed E-state index contributed by atoms with van der Waals surface area (Å²) in [6, 6.07) is 0. The summed E-state index contributed by atoms with van der Waals surface area (Å²) >= 11 is 0. The summed E-state index contributed by atoms with van der Waals surface area (Å²) in [5.41, 5.74) is -0.104. The third kappa shape index (κ3) is 3.76. The standard InChI is InChI=1S/C14H26N4O/c1-12(2)9-18-13(15-11-17-18)8-16-14(10-19)6-4-3-5-7-14/h11-12,16,19H,3-10H2,1-2H3. The first-order chi connectivity index (χ1) is 9.15. The van der Waals surface area contributed by atoms with Crippen LogP contribution in [-0.2, 0) is 13.1 Å². The number of aliphatic hydroxyl groups excluding tert-OH is 1. The highest BCUT2D eigenvalue weighted by Gasteiger charge is 2.30. The highest BCUT2D eigenvalue weighted by molar-refractivity contribution is 4.94. The predicted molar refractivity (Wildman–Crippen MR) is 74.6 cm³/mol. The molecule has 1 aromatic rings. The topological polar surface area (TPSA) is 63.0 Å². The number of hydrogen-bond donors (Lipinski definition) is 2. The molecule has 108 valence electrons. The number of aromatic nitrogens is 3. The normalized spacial score (nSPS) is 18.9. The maximum Gasteiger partial charge on any atom is 0.140 e. The molecule has 5 heteroatoms. The van der Waals surface area contributed by atoms with E-state index in [4.69, 9.17) is 0 Å². The molecule has 19 heavy (non-hydrogen) atoms. The van der Waals surface area contributed by atoms with Crippen molar-refractivity contribution in [3.63, 3.8) is 0 Å². The van der Waals surface area contributed by atoms with E-state index >= 15 is 0 Å². The van der Waals surface area contributed by atoms with Crippen LogP contribution >= 0.6 is 0 Å². The minimum absolute atomic E-state index is 0.104. The molecule has 0 spiro atoms. The molecule has 0 bridgehead atoms. The summed E-state index contributed by atoms with van der Waals surface area (Å²) in [5.74, 6) is 1.52. The number of rotatable bonds is 6. The summed E-state index contributed by atoms with van der Waals surface area (Å²) < 4.78 is 1.96. The van der Waals surface area contributed by atoms with Gasteiger partial charge in [0.15, 0.2) is 0 Å². The molecule has 0 amide bonds. The summed E-state index contributed by atoms with van der Waals surface area (Å²) in [4.78, 5) is 4.33. The highest BCUT2D eigenvalue weighted by Crippen LogP contribution is 2.27. The van der Waals surface area contributed by atoms with E-state index in [0.717, 1.165) is 25.2 Å². The van der Waals surface area contributed by atoms with Crippen LogP contribution in [0.5, 0.6) is 0 Å². The first kappa shape index (κ1) is 14.5. The lowest BCUT2D eigenvalue weighted by molar-refractivity contribution is 0.118. The van der Waals surface area contributed by atoms with E-state index in [-0.39, 0.29) is 12.1 Å². The van der Waals surface area contributed by atoms with Crippen LogP contribution in [0.1, 0.15) is 51.8 Å². The molecular weight excluding hydrogens is 240 g/mol. The van der Waals surface area contributed by atoms with Gasteiger partial charge in [-0.25, -0.2) is 9.67 Å². The Bertz CT molecular complexity index is 383. The van der Waals surface area contributed by atoms with Gasteiger partial charge in [0.25, 0.3) is 0 Å². The largest absolute Gasteiger partial charge is 0.394 e. The van der Waals surface area contributed by atoms with E-state index in [0.29, 0.717) is 12.5 Å². The Morgan fingerprint density at radius 2 is 2.11 bits per heavy atom. The molecular formula is C14H26N4O. The van der Waals surface area contributed by atoms with Gasteiger partial charge in [-0.05, 0) is 18.8 Å². The first-order valence-corrected chi connectivity index (χ1v) is 7.38. The monoisotopic (exact) mass is 266 g/mol. The lowest BCUT2D eigenvalue weighted by atomic mass is 9.82. The van der Waals surface area contributed by atoms with Gasteiger partial charge in [0.1, 0.15) is 12.2 Å². The van der Waals surface area contributed by atoms with Crippen molar-refractivity contribution in [3.8, 4) is 0 Å². The lowest BCUT2D eigenvalue weighted by Gasteiger charge is -2.36. The van der Waals surface area contributed by atoms with Gasteiger partial charge in [0.2, 0.25) is 0 Å². The van der Waals surface area contributed by atoms with E-state index in [2.05, 4.69) is 29.2 Å². The van der Waals surface area contributed by atoms with Crippen LogP contribution in [0, 0.1) is 5.92 Å². The van der Waals surface area contributed by atoms with E-state index in [9.17, 15) is 5.11 Å². The van der Waals surface area contributed by atoms with Crippen molar-refractivity contribution in [1.82, 2.24) is 20.1 Å². The van der Waals surface area contributed by atoms with Gasteiger partial charge >= 0.3 is 0 Å². The minimum atomic E-state index is -0.104. The molecule has 1 heterocycles. The van der Waals surface area contributed by atoms with Gasteiger partial charge in [-0.15, -0.1) is 0 Å². The highest BCUT2D eigenvalue weighted by atomic mass is 16.3. The molecule has 1 aliphatic rings. The predicted octanol–water partition coefficient (Wildman–Crippen LogP) is 1.72. The van der Waals surface area contributed by atoms with Gasteiger partial charge < -0.3 is 10.4 Å². The molecule has 0 radical (unpaired) electrons. The number of aliphatic hydroxyl groups is 1. The quantitative estimate of drug-likeness (QED) is 0.823.